The summed E-state index contributed by atoms with van der Waals surface area (Å²) in [6.07, 6.45) is 4.30. The van der Waals surface area contributed by atoms with E-state index >= 15 is 0 Å². The van der Waals surface area contributed by atoms with Crippen LogP contribution in [0.5, 0.6) is 11.5 Å². The lowest BCUT2D eigenvalue weighted by Crippen LogP contribution is -2.25. The molecule has 0 aromatic heterocycles. The van der Waals surface area contributed by atoms with Crippen LogP contribution in [-0.4, -0.2) is 31.3 Å². The summed E-state index contributed by atoms with van der Waals surface area (Å²) in [5, 5.41) is 3.55. The van der Waals surface area contributed by atoms with Gasteiger partial charge in [-0.2, -0.15) is 11.8 Å². The molecule has 1 aliphatic heterocycles. The third-order valence-electron chi connectivity index (χ3n) is 3.22. The number of hydrogen-bond donors (Lipinski definition) is 1. The molecule has 3 nitrogen and oxygen atoms in total. The van der Waals surface area contributed by atoms with Crippen molar-refractivity contribution in [2.75, 3.05) is 25.2 Å². The Morgan fingerprint density at radius 1 is 1.26 bits per heavy atom. The van der Waals surface area contributed by atoms with Gasteiger partial charge in [-0.3, -0.25) is 0 Å². The quantitative estimate of drug-likeness (QED) is 0.868. The molecule has 1 aliphatic rings. The fraction of sp³-hybridized carbons (Fsp3) is 0.600. The van der Waals surface area contributed by atoms with E-state index in [2.05, 4.69) is 30.6 Å². The SMILES string of the molecule is CSCCC(C)NCc1ccc2c(c1)OCCCO2. The Balaban J connectivity index is 1.89. The van der Waals surface area contributed by atoms with E-state index in [1.165, 1.54) is 17.7 Å². The first kappa shape index (κ1) is 14.5. The van der Waals surface area contributed by atoms with Crippen LogP contribution >= 0.6 is 11.8 Å². The maximum Gasteiger partial charge on any atom is 0.161 e. The maximum atomic E-state index is 5.70. The van der Waals surface area contributed by atoms with E-state index in [1.54, 1.807) is 0 Å². The predicted octanol–water partition coefficient (Wildman–Crippen LogP) is 3.08. The number of nitrogens with one attached hydrogen (secondary N) is 1. The lowest BCUT2D eigenvalue weighted by Gasteiger charge is -2.14. The molecule has 0 radical (unpaired) electrons. The van der Waals surface area contributed by atoms with Gasteiger partial charge < -0.3 is 14.8 Å². The van der Waals surface area contributed by atoms with Crippen LogP contribution in [0.25, 0.3) is 0 Å². The molecule has 1 aromatic carbocycles. The standard InChI is InChI=1S/C15H23NO2S/c1-12(6-9-19-2)16-11-13-4-5-14-15(10-13)18-8-3-7-17-14/h4-5,10,12,16H,3,6-9,11H2,1-2H3. The van der Waals surface area contributed by atoms with Crippen molar-refractivity contribution in [3.63, 3.8) is 0 Å². The van der Waals surface area contributed by atoms with Gasteiger partial charge in [0, 0.05) is 19.0 Å². The van der Waals surface area contributed by atoms with E-state index in [-0.39, 0.29) is 0 Å². The van der Waals surface area contributed by atoms with Gasteiger partial charge in [0.2, 0.25) is 0 Å². The van der Waals surface area contributed by atoms with Crippen LogP contribution in [0.15, 0.2) is 18.2 Å². The normalized spacial score (nSPS) is 15.9. The predicted molar refractivity (Wildman–Crippen MR) is 81.3 cm³/mol. The average Bonchev–Trinajstić information content (AvgIpc) is 2.67. The average molecular weight is 281 g/mol. The zero-order valence-electron chi connectivity index (χ0n) is 11.8. The molecule has 0 fully saturated rings. The van der Waals surface area contributed by atoms with Crippen LogP contribution in [0.2, 0.25) is 0 Å². The summed E-state index contributed by atoms with van der Waals surface area (Å²) in [5.74, 6) is 2.96. The van der Waals surface area contributed by atoms with E-state index in [0.717, 1.165) is 37.7 Å². The van der Waals surface area contributed by atoms with Crippen LogP contribution in [0.3, 0.4) is 0 Å². The summed E-state index contributed by atoms with van der Waals surface area (Å²) in [7, 11) is 0. The van der Waals surface area contributed by atoms with Gasteiger partial charge >= 0.3 is 0 Å². The van der Waals surface area contributed by atoms with Crippen LogP contribution in [0, 0.1) is 0 Å². The fourth-order valence-electron chi connectivity index (χ4n) is 2.01. The molecule has 1 atom stereocenters. The molecule has 1 unspecified atom stereocenters. The van der Waals surface area contributed by atoms with Crippen LogP contribution in [0.4, 0.5) is 0 Å². The minimum atomic E-state index is 0.545. The topological polar surface area (TPSA) is 30.5 Å². The number of hydrogen-bond acceptors (Lipinski definition) is 4. The fourth-order valence-corrected chi connectivity index (χ4v) is 2.60. The van der Waals surface area contributed by atoms with Crippen LogP contribution in [-0.2, 0) is 6.54 Å². The molecule has 0 amide bonds. The van der Waals surface area contributed by atoms with Crippen molar-refractivity contribution in [1.82, 2.24) is 5.32 Å². The highest BCUT2D eigenvalue weighted by molar-refractivity contribution is 7.98. The molecule has 0 saturated carbocycles. The minimum absolute atomic E-state index is 0.545. The van der Waals surface area contributed by atoms with Gasteiger partial charge in [-0.25, -0.2) is 0 Å². The van der Waals surface area contributed by atoms with E-state index in [1.807, 2.05) is 17.8 Å². The zero-order valence-corrected chi connectivity index (χ0v) is 12.6. The molecule has 1 N–H and O–H groups in total. The summed E-state index contributed by atoms with van der Waals surface area (Å²) in [6.45, 7) is 4.61. The van der Waals surface area contributed by atoms with Gasteiger partial charge in [-0.15, -0.1) is 0 Å². The minimum Gasteiger partial charge on any atom is -0.490 e. The lowest BCUT2D eigenvalue weighted by atomic mass is 10.2. The van der Waals surface area contributed by atoms with E-state index < -0.39 is 0 Å². The number of fused-ring (bicyclic) bond motifs is 1. The highest BCUT2D eigenvalue weighted by Crippen LogP contribution is 2.30. The number of ether oxygens (including phenoxy) is 2. The van der Waals surface area contributed by atoms with Crippen molar-refractivity contribution in [3.05, 3.63) is 23.8 Å². The van der Waals surface area contributed by atoms with E-state index in [9.17, 15) is 0 Å². The summed E-state index contributed by atoms with van der Waals surface area (Å²) in [5.41, 5.74) is 1.25. The Bertz CT molecular complexity index is 398. The molecular weight excluding hydrogens is 258 g/mol. The first-order chi connectivity index (χ1) is 9.29. The second-order valence-corrected chi connectivity index (χ2v) is 5.88. The van der Waals surface area contributed by atoms with Gasteiger partial charge in [0.15, 0.2) is 11.5 Å². The first-order valence-corrected chi connectivity index (χ1v) is 8.30. The van der Waals surface area contributed by atoms with Crippen LogP contribution in [0.1, 0.15) is 25.3 Å². The molecule has 0 spiro atoms. The van der Waals surface area contributed by atoms with Gasteiger partial charge in [0.25, 0.3) is 0 Å². The van der Waals surface area contributed by atoms with Crippen molar-refractivity contribution >= 4 is 11.8 Å². The molecule has 1 heterocycles. The highest BCUT2D eigenvalue weighted by atomic mass is 32.2. The molecule has 1 aromatic rings. The van der Waals surface area contributed by atoms with E-state index in [4.69, 9.17) is 9.47 Å². The molecule has 4 heteroatoms. The van der Waals surface area contributed by atoms with Crippen molar-refractivity contribution in [1.29, 1.82) is 0 Å². The molecule has 19 heavy (non-hydrogen) atoms. The summed E-state index contributed by atoms with van der Waals surface area (Å²) >= 11 is 1.90. The molecule has 2 rings (SSSR count). The molecule has 0 saturated heterocycles. The van der Waals surface area contributed by atoms with Crippen LogP contribution < -0.4 is 14.8 Å². The molecular formula is C15H23NO2S. The first-order valence-electron chi connectivity index (χ1n) is 6.90. The smallest absolute Gasteiger partial charge is 0.161 e. The Hall–Kier alpha value is -0.870. The van der Waals surface area contributed by atoms with Crippen molar-refractivity contribution in [2.24, 2.45) is 0 Å². The Morgan fingerprint density at radius 2 is 2.05 bits per heavy atom. The third kappa shape index (κ3) is 4.62. The molecule has 0 bridgehead atoms. The monoisotopic (exact) mass is 281 g/mol. The van der Waals surface area contributed by atoms with Gasteiger partial charge in [0.05, 0.1) is 13.2 Å². The summed E-state index contributed by atoms with van der Waals surface area (Å²) in [4.78, 5) is 0. The van der Waals surface area contributed by atoms with Crippen molar-refractivity contribution < 1.29 is 9.47 Å². The maximum absolute atomic E-state index is 5.70. The Morgan fingerprint density at radius 3 is 2.84 bits per heavy atom. The second-order valence-electron chi connectivity index (χ2n) is 4.89. The Kier molecular flexibility index (Phi) is 5.86. The largest absolute Gasteiger partial charge is 0.490 e. The third-order valence-corrected chi connectivity index (χ3v) is 3.87. The molecule has 106 valence electrons. The van der Waals surface area contributed by atoms with Gasteiger partial charge in [-0.1, -0.05) is 6.07 Å². The van der Waals surface area contributed by atoms with Gasteiger partial charge in [0.1, 0.15) is 0 Å². The Labute approximate surface area is 120 Å². The zero-order chi connectivity index (χ0) is 13.5. The molecule has 0 aliphatic carbocycles. The van der Waals surface area contributed by atoms with E-state index in [0.29, 0.717) is 6.04 Å². The van der Waals surface area contributed by atoms with Crippen molar-refractivity contribution in [3.8, 4) is 11.5 Å². The summed E-state index contributed by atoms with van der Waals surface area (Å²) in [6, 6.07) is 6.77. The lowest BCUT2D eigenvalue weighted by molar-refractivity contribution is 0.297. The second kappa shape index (κ2) is 7.65. The highest BCUT2D eigenvalue weighted by Gasteiger charge is 2.10. The number of benzene rings is 1. The number of rotatable bonds is 6. The van der Waals surface area contributed by atoms with Gasteiger partial charge in [-0.05, 0) is 43.0 Å². The van der Waals surface area contributed by atoms with Crippen molar-refractivity contribution in [2.45, 2.75) is 32.4 Å². The number of thioether (sulfide) groups is 1. The summed E-state index contributed by atoms with van der Waals surface area (Å²) < 4.78 is 11.3.